The highest BCUT2D eigenvalue weighted by Crippen LogP contribution is 2.29. The van der Waals surface area contributed by atoms with Crippen LogP contribution in [0.1, 0.15) is 10.6 Å². The summed E-state index contributed by atoms with van der Waals surface area (Å²) < 4.78 is 5.55. The van der Waals surface area contributed by atoms with E-state index in [0.717, 1.165) is 5.56 Å². The van der Waals surface area contributed by atoms with Gasteiger partial charge in [0.25, 0.3) is 5.91 Å². The number of β-amino-alcohol motifs (C(OH)–C–C–N with tert-alkyl or cyclic N) is 1. The van der Waals surface area contributed by atoms with Crippen molar-refractivity contribution in [3.05, 3.63) is 47.2 Å². The molecule has 5 heteroatoms. The highest BCUT2D eigenvalue weighted by Gasteiger charge is 2.31. The largest absolute Gasteiger partial charge is 0.451 e. The lowest BCUT2D eigenvalue weighted by Gasteiger charge is -2.35. The number of aliphatic hydroxyl groups is 1. The summed E-state index contributed by atoms with van der Waals surface area (Å²) in [5, 5.41) is 9.77. The van der Waals surface area contributed by atoms with Gasteiger partial charge in [0.1, 0.15) is 5.76 Å². The van der Waals surface area contributed by atoms with Crippen LogP contribution in [0.5, 0.6) is 0 Å². The molecule has 2 aromatic rings. The smallest absolute Gasteiger partial charge is 0.289 e. The van der Waals surface area contributed by atoms with Crippen molar-refractivity contribution >= 4 is 17.5 Å². The Morgan fingerprint density at radius 3 is 2.68 bits per heavy atom. The van der Waals surface area contributed by atoms with E-state index < -0.39 is 6.10 Å². The molecule has 4 nitrogen and oxygen atoms in total. The second-order valence-corrected chi connectivity index (χ2v) is 4.91. The van der Waals surface area contributed by atoms with Crippen molar-refractivity contribution < 1.29 is 14.3 Å². The minimum Gasteiger partial charge on any atom is -0.451 e. The fourth-order valence-corrected chi connectivity index (χ4v) is 2.26. The predicted molar refractivity (Wildman–Crippen MR) is 71.1 cm³/mol. The molecular weight excluding hydrogens is 266 g/mol. The third-order valence-corrected chi connectivity index (χ3v) is 3.44. The van der Waals surface area contributed by atoms with Crippen LogP contribution in [0.15, 0.2) is 40.8 Å². The first-order valence-electron chi connectivity index (χ1n) is 5.97. The molecule has 0 spiro atoms. The first kappa shape index (κ1) is 12.3. The normalized spacial score (nSPS) is 15.4. The molecule has 19 heavy (non-hydrogen) atoms. The van der Waals surface area contributed by atoms with Crippen LogP contribution >= 0.6 is 11.6 Å². The fourth-order valence-electron chi connectivity index (χ4n) is 2.04. The Morgan fingerprint density at radius 2 is 2.00 bits per heavy atom. The number of likely N-dealkylation sites (tertiary alicyclic amines) is 1. The molecule has 1 aliphatic heterocycles. The number of amides is 1. The average Bonchev–Trinajstić information content (AvgIpc) is 2.84. The number of benzene rings is 1. The Kier molecular flexibility index (Phi) is 3.05. The van der Waals surface area contributed by atoms with Crippen LogP contribution in [0, 0.1) is 0 Å². The molecule has 0 aliphatic carbocycles. The second-order valence-electron chi connectivity index (χ2n) is 4.51. The minimum absolute atomic E-state index is 0.205. The Balaban J connectivity index is 1.84. The van der Waals surface area contributed by atoms with E-state index in [0.29, 0.717) is 23.9 Å². The molecule has 1 N–H and O–H groups in total. The number of carbonyl (C=O) groups excluding carboxylic acids is 1. The number of hydrogen-bond donors (Lipinski definition) is 1. The topological polar surface area (TPSA) is 53.7 Å². The van der Waals surface area contributed by atoms with Gasteiger partial charge in [0, 0.05) is 18.7 Å². The van der Waals surface area contributed by atoms with E-state index in [-0.39, 0.29) is 11.7 Å². The molecule has 0 unspecified atom stereocenters. The Labute approximate surface area is 115 Å². The maximum Gasteiger partial charge on any atom is 0.289 e. The molecule has 1 amide bonds. The summed E-state index contributed by atoms with van der Waals surface area (Å²) in [6.45, 7) is 0.724. The number of aliphatic hydroxyl groups excluding tert-OH is 1. The molecular formula is C14H12ClNO3. The average molecular weight is 278 g/mol. The highest BCUT2D eigenvalue weighted by molar-refractivity contribution is 6.33. The minimum atomic E-state index is -0.415. The molecule has 2 heterocycles. The molecule has 1 fully saturated rings. The molecule has 1 aromatic carbocycles. The van der Waals surface area contributed by atoms with Crippen LogP contribution < -0.4 is 0 Å². The molecule has 1 aliphatic rings. The van der Waals surface area contributed by atoms with E-state index in [4.69, 9.17) is 16.0 Å². The van der Waals surface area contributed by atoms with E-state index >= 15 is 0 Å². The van der Waals surface area contributed by atoms with E-state index in [1.165, 1.54) is 0 Å². The zero-order valence-electron chi connectivity index (χ0n) is 10.0. The summed E-state index contributed by atoms with van der Waals surface area (Å²) >= 11 is 6.08. The van der Waals surface area contributed by atoms with Crippen LogP contribution in [-0.2, 0) is 0 Å². The van der Waals surface area contributed by atoms with E-state index in [1.807, 2.05) is 18.2 Å². The van der Waals surface area contributed by atoms with Gasteiger partial charge in [-0.2, -0.15) is 0 Å². The van der Waals surface area contributed by atoms with Crippen LogP contribution in [0.25, 0.3) is 11.3 Å². The number of carbonyl (C=O) groups is 1. The van der Waals surface area contributed by atoms with Crippen LogP contribution in [0.4, 0.5) is 0 Å². The third-order valence-electron chi connectivity index (χ3n) is 3.11. The van der Waals surface area contributed by atoms with Crippen molar-refractivity contribution in [3.8, 4) is 11.3 Å². The summed E-state index contributed by atoms with van der Waals surface area (Å²) in [6, 6.07) is 10.7. The second kappa shape index (κ2) is 4.72. The molecule has 98 valence electrons. The van der Waals surface area contributed by atoms with Crippen molar-refractivity contribution in [2.75, 3.05) is 13.1 Å². The zero-order chi connectivity index (χ0) is 13.4. The maximum absolute atomic E-state index is 12.0. The summed E-state index contributed by atoms with van der Waals surface area (Å²) in [5.74, 6) is 0.625. The quantitative estimate of drug-likeness (QED) is 0.917. The fraction of sp³-hybridized carbons (Fsp3) is 0.214. The highest BCUT2D eigenvalue weighted by atomic mass is 35.5. The number of rotatable bonds is 2. The van der Waals surface area contributed by atoms with Crippen LogP contribution in [-0.4, -0.2) is 35.1 Å². The van der Waals surface area contributed by atoms with Crippen molar-refractivity contribution in [3.63, 3.8) is 0 Å². The standard InChI is InChI=1S/C14H12ClNO3/c15-11-4-2-1-3-10(11)12-5-6-13(19-12)14(18)16-7-9(17)8-16/h1-6,9,17H,7-8H2. The number of nitrogens with zero attached hydrogens (tertiary/aromatic N) is 1. The molecule has 1 aromatic heterocycles. The van der Waals surface area contributed by atoms with E-state index in [1.54, 1.807) is 23.1 Å². The number of furan rings is 1. The van der Waals surface area contributed by atoms with Gasteiger partial charge in [-0.1, -0.05) is 23.7 Å². The lowest BCUT2D eigenvalue weighted by atomic mass is 10.1. The first-order chi connectivity index (χ1) is 9.15. The van der Waals surface area contributed by atoms with Gasteiger partial charge in [0.05, 0.1) is 11.1 Å². The van der Waals surface area contributed by atoms with Crippen molar-refractivity contribution in [1.29, 1.82) is 0 Å². The lowest BCUT2D eigenvalue weighted by molar-refractivity contribution is 0.00398. The molecule has 0 radical (unpaired) electrons. The zero-order valence-corrected chi connectivity index (χ0v) is 10.8. The number of hydrogen-bond acceptors (Lipinski definition) is 3. The number of halogens is 1. The van der Waals surface area contributed by atoms with Gasteiger partial charge in [0.15, 0.2) is 5.76 Å². The molecule has 3 rings (SSSR count). The van der Waals surface area contributed by atoms with Gasteiger partial charge >= 0.3 is 0 Å². The maximum atomic E-state index is 12.0. The summed E-state index contributed by atoms with van der Waals surface area (Å²) in [5.41, 5.74) is 0.756. The first-order valence-corrected chi connectivity index (χ1v) is 6.35. The summed E-state index contributed by atoms with van der Waals surface area (Å²) in [4.78, 5) is 13.5. The van der Waals surface area contributed by atoms with E-state index in [2.05, 4.69) is 0 Å². The van der Waals surface area contributed by atoms with Gasteiger partial charge in [0.2, 0.25) is 0 Å². The molecule has 1 saturated heterocycles. The van der Waals surface area contributed by atoms with Gasteiger partial charge in [-0.25, -0.2) is 0 Å². The van der Waals surface area contributed by atoms with Crippen molar-refractivity contribution in [2.45, 2.75) is 6.10 Å². The van der Waals surface area contributed by atoms with Crippen LogP contribution in [0.3, 0.4) is 0 Å². The Morgan fingerprint density at radius 1 is 1.26 bits per heavy atom. The molecule has 0 atom stereocenters. The predicted octanol–water partition coefficient (Wildman–Crippen LogP) is 2.42. The summed E-state index contributed by atoms with van der Waals surface area (Å²) in [6.07, 6.45) is -0.415. The summed E-state index contributed by atoms with van der Waals surface area (Å²) in [7, 11) is 0. The molecule has 0 bridgehead atoms. The van der Waals surface area contributed by atoms with Gasteiger partial charge in [-0.05, 0) is 24.3 Å². The molecule has 0 saturated carbocycles. The van der Waals surface area contributed by atoms with Gasteiger partial charge < -0.3 is 14.4 Å². The third kappa shape index (κ3) is 2.25. The Bertz CT molecular complexity index is 617. The van der Waals surface area contributed by atoms with Gasteiger partial charge in [-0.15, -0.1) is 0 Å². The van der Waals surface area contributed by atoms with Crippen LogP contribution in [0.2, 0.25) is 5.02 Å². The van der Waals surface area contributed by atoms with Gasteiger partial charge in [-0.3, -0.25) is 4.79 Å². The van der Waals surface area contributed by atoms with E-state index in [9.17, 15) is 9.90 Å². The lowest BCUT2D eigenvalue weighted by Crippen LogP contribution is -2.53. The SMILES string of the molecule is O=C(c1ccc(-c2ccccc2Cl)o1)N1CC(O)C1. The Hall–Kier alpha value is -1.78. The monoisotopic (exact) mass is 277 g/mol. The van der Waals surface area contributed by atoms with Crippen molar-refractivity contribution in [2.24, 2.45) is 0 Å². The van der Waals surface area contributed by atoms with Crippen molar-refractivity contribution in [1.82, 2.24) is 4.90 Å².